The molecule has 2 heterocycles. The van der Waals surface area contributed by atoms with E-state index in [0.717, 1.165) is 25.0 Å². The third-order valence-corrected chi connectivity index (χ3v) is 4.53. The van der Waals surface area contributed by atoms with Gasteiger partial charge in [-0.15, -0.1) is 0 Å². The van der Waals surface area contributed by atoms with Gasteiger partial charge in [-0.05, 0) is 43.0 Å². The van der Waals surface area contributed by atoms with Crippen molar-refractivity contribution in [2.75, 3.05) is 13.1 Å². The monoisotopic (exact) mass is 324 g/mol. The van der Waals surface area contributed by atoms with Crippen LogP contribution in [0.2, 0.25) is 0 Å². The molecule has 0 radical (unpaired) electrons. The number of amides is 1. The molecule has 3 nitrogen and oxygen atoms in total. The van der Waals surface area contributed by atoms with Gasteiger partial charge in [0.05, 0.1) is 5.56 Å². The SMILES string of the molecule is C[C@H]1CCCN(C(=O)c2cc3cc(C(F)(F)F)ccc3n2C)C1. The van der Waals surface area contributed by atoms with Gasteiger partial charge in [-0.2, -0.15) is 13.2 Å². The molecule has 6 heteroatoms. The lowest BCUT2D eigenvalue weighted by Gasteiger charge is -2.31. The van der Waals surface area contributed by atoms with Gasteiger partial charge in [0.15, 0.2) is 0 Å². The fraction of sp³-hybridized carbons (Fsp3) is 0.471. The zero-order valence-corrected chi connectivity index (χ0v) is 13.2. The molecular formula is C17H19F3N2O. The van der Waals surface area contributed by atoms with Gasteiger partial charge in [-0.25, -0.2) is 0 Å². The topological polar surface area (TPSA) is 25.2 Å². The molecule has 1 saturated heterocycles. The maximum Gasteiger partial charge on any atom is 0.416 e. The summed E-state index contributed by atoms with van der Waals surface area (Å²) in [6.45, 7) is 3.52. The number of benzene rings is 1. The van der Waals surface area contributed by atoms with Crippen molar-refractivity contribution in [1.29, 1.82) is 0 Å². The highest BCUT2D eigenvalue weighted by Crippen LogP contribution is 2.32. The number of likely N-dealkylation sites (tertiary alicyclic amines) is 1. The number of hydrogen-bond donors (Lipinski definition) is 0. The van der Waals surface area contributed by atoms with Crippen LogP contribution in [-0.2, 0) is 13.2 Å². The zero-order chi connectivity index (χ0) is 16.8. The van der Waals surface area contributed by atoms with Crippen LogP contribution in [0.4, 0.5) is 13.2 Å². The molecule has 1 fully saturated rings. The molecule has 124 valence electrons. The minimum atomic E-state index is -4.38. The largest absolute Gasteiger partial charge is 0.416 e. The summed E-state index contributed by atoms with van der Waals surface area (Å²) >= 11 is 0. The number of carbonyl (C=O) groups is 1. The highest BCUT2D eigenvalue weighted by Gasteiger charge is 2.31. The second-order valence-corrected chi connectivity index (χ2v) is 6.36. The Morgan fingerprint density at radius 2 is 2.00 bits per heavy atom. The molecular weight excluding hydrogens is 305 g/mol. The first-order valence-electron chi connectivity index (χ1n) is 7.73. The van der Waals surface area contributed by atoms with E-state index in [-0.39, 0.29) is 5.91 Å². The Balaban J connectivity index is 1.98. The highest BCUT2D eigenvalue weighted by molar-refractivity contribution is 5.99. The van der Waals surface area contributed by atoms with E-state index in [1.807, 2.05) is 0 Å². The zero-order valence-electron chi connectivity index (χ0n) is 13.2. The average molecular weight is 324 g/mol. The van der Waals surface area contributed by atoms with Gasteiger partial charge in [0.25, 0.3) is 5.91 Å². The number of aryl methyl sites for hydroxylation is 1. The molecule has 0 unspecified atom stereocenters. The van der Waals surface area contributed by atoms with Crippen molar-refractivity contribution in [1.82, 2.24) is 9.47 Å². The lowest BCUT2D eigenvalue weighted by Crippen LogP contribution is -2.39. The van der Waals surface area contributed by atoms with Gasteiger partial charge < -0.3 is 9.47 Å². The average Bonchev–Trinajstić information content (AvgIpc) is 2.82. The molecule has 1 amide bonds. The predicted molar refractivity (Wildman–Crippen MR) is 82.2 cm³/mol. The minimum absolute atomic E-state index is 0.108. The Morgan fingerprint density at radius 3 is 2.65 bits per heavy atom. The van der Waals surface area contributed by atoms with Crippen molar-refractivity contribution in [3.63, 3.8) is 0 Å². The fourth-order valence-corrected chi connectivity index (χ4v) is 3.27. The van der Waals surface area contributed by atoms with Crippen LogP contribution in [0.15, 0.2) is 24.3 Å². The lowest BCUT2D eigenvalue weighted by molar-refractivity contribution is -0.137. The Kier molecular flexibility index (Phi) is 3.86. The van der Waals surface area contributed by atoms with Crippen molar-refractivity contribution in [2.45, 2.75) is 25.9 Å². The molecule has 1 aliphatic rings. The van der Waals surface area contributed by atoms with Crippen LogP contribution in [0.1, 0.15) is 35.8 Å². The Bertz CT molecular complexity index is 748. The van der Waals surface area contributed by atoms with Crippen LogP contribution in [-0.4, -0.2) is 28.5 Å². The van der Waals surface area contributed by atoms with E-state index in [4.69, 9.17) is 0 Å². The molecule has 0 bridgehead atoms. The fourth-order valence-electron chi connectivity index (χ4n) is 3.27. The van der Waals surface area contributed by atoms with Crippen LogP contribution in [0.25, 0.3) is 10.9 Å². The molecule has 1 atom stereocenters. The van der Waals surface area contributed by atoms with E-state index in [1.165, 1.54) is 6.07 Å². The Morgan fingerprint density at radius 1 is 1.26 bits per heavy atom. The Labute approximate surface area is 132 Å². The highest BCUT2D eigenvalue weighted by atomic mass is 19.4. The molecule has 3 rings (SSSR count). The normalized spacial score (nSPS) is 19.3. The summed E-state index contributed by atoms with van der Waals surface area (Å²) in [5, 5.41) is 0.440. The number of rotatable bonds is 1. The van der Waals surface area contributed by atoms with Crippen LogP contribution in [0.5, 0.6) is 0 Å². The molecule has 0 aliphatic carbocycles. The number of hydrogen-bond acceptors (Lipinski definition) is 1. The van der Waals surface area contributed by atoms with Crippen LogP contribution >= 0.6 is 0 Å². The maximum absolute atomic E-state index is 12.8. The first-order valence-corrected chi connectivity index (χ1v) is 7.73. The second kappa shape index (κ2) is 5.58. The number of aromatic nitrogens is 1. The second-order valence-electron chi connectivity index (χ2n) is 6.36. The van der Waals surface area contributed by atoms with Crippen molar-refractivity contribution in [2.24, 2.45) is 13.0 Å². The molecule has 2 aromatic rings. The standard InChI is InChI=1S/C17H19F3N2O/c1-11-4-3-7-22(10-11)16(23)15-9-12-8-13(17(18,19)20)5-6-14(12)21(15)2/h5-6,8-9,11H,3-4,7,10H2,1-2H3/t11-/m0/s1. The summed E-state index contributed by atoms with van der Waals surface area (Å²) in [6, 6.07) is 5.14. The number of fused-ring (bicyclic) bond motifs is 1. The number of alkyl halides is 3. The van der Waals surface area contributed by atoms with Crippen molar-refractivity contribution in [3.8, 4) is 0 Å². The summed E-state index contributed by atoms with van der Waals surface area (Å²) < 4.78 is 40.2. The summed E-state index contributed by atoms with van der Waals surface area (Å²) in [4.78, 5) is 14.5. The number of halogens is 3. The van der Waals surface area contributed by atoms with Crippen LogP contribution in [0.3, 0.4) is 0 Å². The molecule has 1 aromatic heterocycles. The lowest BCUT2D eigenvalue weighted by atomic mass is 10.00. The number of nitrogens with zero attached hydrogens (tertiary/aromatic N) is 2. The van der Waals surface area contributed by atoms with E-state index in [0.29, 0.717) is 35.6 Å². The first-order chi connectivity index (χ1) is 10.8. The van der Waals surface area contributed by atoms with Crippen molar-refractivity contribution < 1.29 is 18.0 Å². The Hall–Kier alpha value is -1.98. The summed E-state index contributed by atoms with van der Waals surface area (Å²) in [7, 11) is 1.72. The van der Waals surface area contributed by atoms with Crippen LogP contribution in [0, 0.1) is 5.92 Å². The van der Waals surface area contributed by atoms with Gasteiger partial charge in [-0.1, -0.05) is 6.92 Å². The molecule has 1 aliphatic heterocycles. The quantitative estimate of drug-likeness (QED) is 0.776. The molecule has 0 saturated carbocycles. The molecule has 1 aromatic carbocycles. The van der Waals surface area contributed by atoms with Crippen molar-refractivity contribution >= 4 is 16.8 Å². The predicted octanol–water partition coefficient (Wildman–Crippen LogP) is 4.07. The van der Waals surface area contributed by atoms with E-state index in [2.05, 4.69) is 6.92 Å². The van der Waals surface area contributed by atoms with Gasteiger partial charge in [-0.3, -0.25) is 4.79 Å². The van der Waals surface area contributed by atoms with Crippen LogP contribution < -0.4 is 0 Å². The van der Waals surface area contributed by atoms with E-state index in [9.17, 15) is 18.0 Å². The smallest absolute Gasteiger partial charge is 0.340 e. The van der Waals surface area contributed by atoms with Gasteiger partial charge in [0.2, 0.25) is 0 Å². The summed E-state index contributed by atoms with van der Waals surface area (Å²) in [5.74, 6) is 0.350. The third-order valence-electron chi connectivity index (χ3n) is 4.53. The van der Waals surface area contributed by atoms with Gasteiger partial charge >= 0.3 is 6.18 Å². The first kappa shape index (κ1) is 15.9. The van der Waals surface area contributed by atoms with E-state index < -0.39 is 11.7 Å². The van der Waals surface area contributed by atoms with Crippen molar-refractivity contribution in [3.05, 3.63) is 35.5 Å². The van der Waals surface area contributed by atoms with Gasteiger partial charge in [0, 0.05) is 31.0 Å². The van der Waals surface area contributed by atoms with E-state index in [1.54, 1.807) is 22.6 Å². The van der Waals surface area contributed by atoms with E-state index >= 15 is 0 Å². The molecule has 0 spiro atoms. The minimum Gasteiger partial charge on any atom is -0.340 e. The molecule has 23 heavy (non-hydrogen) atoms. The maximum atomic E-state index is 12.8. The molecule has 0 N–H and O–H groups in total. The number of carbonyl (C=O) groups excluding carboxylic acids is 1. The summed E-state index contributed by atoms with van der Waals surface area (Å²) in [6.07, 6.45) is -2.31. The summed E-state index contributed by atoms with van der Waals surface area (Å²) in [5.41, 5.74) is 0.376. The van der Waals surface area contributed by atoms with Gasteiger partial charge in [0.1, 0.15) is 5.69 Å². The number of piperidine rings is 1. The third kappa shape index (κ3) is 2.94.